The van der Waals surface area contributed by atoms with Gasteiger partial charge in [0.25, 0.3) is 0 Å². The van der Waals surface area contributed by atoms with Crippen molar-refractivity contribution in [2.45, 2.75) is 58.3 Å². The Morgan fingerprint density at radius 1 is 1.25 bits per heavy atom. The fourth-order valence-electron chi connectivity index (χ4n) is 5.67. The van der Waals surface area contributed by atoms with Crippen LogP contribution >= 0.6 is 0 Å². The molecular weight excluding hydrogens is 304 g/mol. The first-order chi connectivity index (χ1) is 11.4. The maximum absolute atomic E-state index is 12.4. The van der Waals surface area contributed by atoms with Gasteiger partial charge in [-0.25, -0.2) is 0 Å². The smallest absolute Gasteiger partial charge is 0.308 e. The van der Waals surface area contributed by atoms with E-state index < -0.39 is 0 Å². The van der Waals surface area contributed by atoms with E-state index in [4.69, 9.17) is 4.74 Å². The molecule has 0 amide bonds. The van der Waals surface area contributed by atoms with E-state index in [9.17, 15) is 14.7 Å². The van der Waals surface area contributed by atoms with E-state index >= 15 is 0 Å². The van der Waals surface area contributed by atoms with Gasteiger partial charge in [-0.15, -0.1) is 0 Å². The van der Waals surface area contributed by atoms with Crippen molar-refractivity contribution in [3.8, 4) is 11.5 Å². The number of carbonyl (C=O) groups is 2. The fraction of sp³-hybridized carbons (Fsp3) is 0.600. The van der Waals surface area contributed by atoms with Crippen LogP contribution in [0, 0.1) is 17.3 Å². The number of phenols is 1. The topological polar surface area (TPSA) is 63.6 Å². The van der Waals surface area contributed by atoms with Gasteiger partial charge in [0, 0.05) is 30.4 Å². The molecule has 4 nitrogen and oxygen atoms in total. The van der Waals surface area contributed by atoms with Crippen LogP contribution in [0.5, 0.6) is 11.5 Å². The highest BCUT2D eigenvalue weighted by atomic mass is 16.5. The molecule has 1 aromatic carbocycles. The lowest BCUT2D eigenvalue weighted by Crippen LogP contribution is -2.42. The van der Waals surface area contributed by atoms with E-state index in [0.29, 0.717) is 35.7 Å². The number of hydrogen-bond acceptors (Lipinski definition) is 4. The van der Waals surface area contributed by atoms with Crippen molar-refractivity contribution in [2.24, 2.45) is 17.3 Å². The Bertz CT molecular complexity index is 723. The van der Waals surface area contributed by atoms with E-state index in [0.717, 1.165) is 43.2 Å². The van der Waals surface area contributed by atoms with Gasteiger partial charge in [0.1, 0.15) is 17.3 Å². The molecule has 0 spiro atoms. The Morgan fingerprint density at radius 3 is 2.79 bits per heavy atom. The maximum Gasteiger partial charge on any atom is 0.308 e. The summed E-state index contributed by atoms with van der Waals surface area (Å²) in [6.07, 6.45) is 5.51. The number of carbonyl (C=O) groups excluding carboxylic acids is 2. The van der Waals surface area contributed by atoms with Crippen molar-refractivity contribution in [1.82, 2.24) is 0 Å². The zero-order valence-corrected chi connectivity index (χ0v) is 14.3. The summed E-state index contributed by atoms with van der Waals surface area (Å²) < 4.78 is 5.15. The predicted molar refractivity (Wildman–Crippen MR) is 89.0 cm³/mol. The number of Topliss-reactive ketones (excluding diaryl/α,β-unsaturated/α-hetero) is 1. The molecule has 0 heterocycles. The van der Waals surface area contributed by atoms with Crippen molar-refractivity contribution in [2.75, 3.05) is 0 Å². The highest BCUT2D eigenvalue weighted by Gasteiger charge is 2.54. The summed E-state index contributed by atoms with van der Waals surface area (Å²) >= 11 is 0. The zero-order chi connectivity index (χ0) is 17.1. The Kier molecular flexibility index (Phi) is 3.48. The predicted octanol–water partition coefficient (Wildman–Crippen LogP) is 3.74. The number of benzene rings is 1. The molecule has 0 unspecified atom stereocenters. The van der Waals surface area contributed by atoms with Gasteiger partial charge in [-0.05, 0) is 61.5 Å². The number of hydrogen-bond donors (Lipinski definition) is 1. The van der Waals surface area contributed by atoms with Crippen molar-refractivity contribution < 1.29 is 19.4 Å². The molecule has 1 N–H and O–H groups in total. The summed E-state index contributed by atoms with van der Waals surface area (Å²) in [5.74, 6) is 1.98. The highest BCUT2D eigenvalue weighted by molar-refractivity contribution is 5.87. The largest absolute Gasteiger partial charge is 0.508 e. The number of esters is 1. The van der Waals surface area contributed by atoms with Gasteiger partial charge in [0.2, 0.25) is 0 Å². The van der Waals surface area contributed by atoms with E-state index in [1.165, 1.54) is 6.92 Å². The molecule has 3 aliphatic carbocycles. The minimum absolute atomic E-state index is 0.147. The molecule has 1 aromatic rings. The minimum atomic E-state index is -0.374. The van der Waals surface area contributed by atoms with E-state index in [2.05, 4.69) is 6.92 Å². The average molecular weight is 328 g/mol. The van der Waals surface area contributed by atoms with Gasteiger partial charge in [-0.3, -0.25) is 9.59 Å². The Morgan fingerprint density at radius 2 is 2.04 bits per heavy atom. The number of aromatic hydroxyl groups is 1. The molecule has 0 bridgehead atoms. The van der Waals surface area contributed by atoms with Crippen molar-refractivity contribution in [3.05, 3.63) is 23.3 Å². The number of fused-ring (bicyclic) bond motifs is 5. The first-order valence-corrected chi connectivity index (χ1v) is 8.97. The molecule has 0 aromatic heterocycles. The quantitative estimate of drug-likeness (QED) is 0.630. The van der Waals surface area contributed by atoms with Crippen LogP contribution in [0.3, 0.4) is 0 Å². The molecule has 2 saturated carbocycles. The Labute approximate surface area is 142 Å². The molecular formula is C20H24O4. The van der Waals surface area contributed by atoms with Gasteiger partial charge < -0.3 is 9.84 Å². The second kappa shape index (κ2) is 5.33. The Hall–Kier alpha value is -1.84. The monoisotopic (exact) mass is 328 g/mol. The SMILES string of the molecule is CC(=O)Oc1cc(O)c2c(c1)CC[C@@H]1[C@@H]2CC[C@]2(C)C(=O)CC[C@@H]12. The molecule has 0 aliphatic heterocycles. The van der Waals surface area contributed by atoms with Crippen LogP contribution in [0.2, 0.25) is 0 Å². The molecule has 0 saturated heterocycles. The summed E-state index contributed by atoms with van der Waals surface area (Å²) in [7, 11) is 0. The second-order valence-corrected chi connectivity index (χ2v) is 7.94. The average Bonchev–Trinajstić information content (AvgIpc) is 2.82. The van der Waals surface area contributed by atoms with E-state index in [1.807, 2.05) is 6.07 Å². The van der Waals surface area contributed by atoms with Crippen molar-refractivity contribution in [1.29, 1.82) is 0 Å². The standard InChI is InChI=1S/C20H24O4/c1-11(21)24-13-9-12-3-4-14-15(19(12)17(22)10-13)7-8-20(2)16(14)5-6-18(20)23/h9-10,14-16,22H,3-8H2,1-2H3/t14-,15+,16+,20+/m1/s1. The van der Waals surface area contributed by atoms with Crippen molar-refractivity contribution in [3.63, 3.8) is 0 Å². The van der Waals surface area contributed by atoms with Gasteiger partial charge in [-0.2, -0.15) is 0 Å². The van der Waals surface area contributed by atoms with E-state index in [-0.39, 0.29) is 17.1 Å². The molecule has 24 heavy (non-hydrogen) atoms. The first kappa shape index (κ1) is 15.7. The Balaban J connectivity index is 1.70. The first-order valence-electron chi connectivity index (χ1n) is 8.97. The molecule has 0 radical (unpaired) electrons. The molecule has 3 aliphatic rings. The normalized spacial score (nSPS) is 34.2. The second-order valence-electron chi connectivity index (χ2n) is 7.94. The van der Waals surface area contributed by atoms with Gasteiger partial charge in [0.05, 0.1) is 0 Å². The molecule has 4 atom stereocenters. The van der Waals surface area contributed by atoms with Crippen LogP contribution in [-0.4, -0.2) is 16.9 Å². The molecule has 4 heteroatoms. The third-order valence-corrected chi connectivity index (χ3v) is 6.74. The number of ketones is 1. The molecule has 4 rings (SSSR count). The summed E-state index contributed by atoms with van der Waals surface area (Å²) in [5.41, 5.74) is 1.98. The summed E-state index contributed by atoms with van der Waals surface area (Å²) in [5, 5.41) is 10.6. The van der Waals surface area contributed by atoms with Crippen LogP contribution in [0.1, 0.15) is 63.0 Å². The number of aryl methyl sites for hydroxylation is 1. The lowest BCUT2D eigenvalue weighted by atomic mass is 9.55. The van der Waals surface area contributed by atoms with Crippen LogP contribution in [0.4, 0.5) is 0 Å². The van der Waals surface area contributed by atoms with Crippen LogP contribution in [0.15, 0.2) is 12.1 Å². The lowest BCUT2D eigenvalue weighted by molar-refractivity contribution is -0.132. The third kappa shape index (κ3) is 2.19. The van der Waals surface area contributed by atoms with Crippen LogP contribution < -0.4 is 4.74 Å². The summed E-state index contributed by atoms with van der Waals surface area (Å²) in [6.45, 7) is 3.52. The molecule has 2 fully saturated rings. The number of rotatable bonds is 1. The third-order valence-electron chi connectivity index (χ3n) is 6.74. The number of phenolic OH excluding ortho intramolecular Hbond substituents is 1. The highest BCUT2D eigenvalue weighted by Crippen LogP contribution is 2.60. The summed E-state index contributed by atoms with van der Waals surface area (Å²) in [6, 6.07) is 3.47. The zero-order valence-electron chi connectivity index (χ0n) is 14.3. The van der Waals surface area contributed by atoms with Gasteiger partial charge in [0.15, 0.2) is 0 Å². The fourth-order valence-corrected chi connectivity index (χ4v) is 5.67. The maximum atomic E-state index is 12.4. The lowest BCUT2D eigenvalue weighted by Gasteiger charge is -2.48. The van der Waals surface area contributed by atoms with Gasteiger partial charge in [-0.1, -0.05) is 6.92 Å². The van der Waals surface area contributed by atoms with Crippen molar-refractivity contribution >= 4 is 11.8 Å². The van der Waals surface area contributed by atoms with Crippen LogP contribution in [0.25, 0.3) is 0 Å². The number of ether oxygens (including phenoxy) is 1. The molecule has 128 valence electrons. The van der Waals surface area contributed by atoms with Gasteiger partial charge >= 0.3 is 5.97 Å². The van der Waals surface area contributed by atoms with E-state index in [1.54, 1.807) is 6.07 Å². The minimum Gasteiger partial charge on any atom is -0.508 e. The van der Waals surface area contributed by atoms with Crippen LogP contribution in [-0.2, 0) is 16.0 Å². The summed E-state index contributed by atoms with van der Waals surface area (Å²) in [4.78, 5) is 23.5.